The largest absolute Gasteiger partial charge is 0.388 e. The van der Waals surface area contributed by atoms with E-state index < -0.39 is 36.6 Å². The van der Waals surface area contributed by atoms with Crippen LogP contribution in [0.25, 0.3) is 0 Å². The molecule has 3 rings (SSSR count). The van der Waals surface area contributed by atoms with E-state index in [1.54, 1.807) is 60.7 Å². The highest BCUT2D eigenvalue weighted by Crippen LogP contribution is 2.20. The molecule has 0 bridgehead atoms. The fourth-order valence-electron chi connectivity index (χ4n) is 2.98. The summed E-state index contributed by atoms with van der Waals surface area (Å²) in [6.07, 6.45) is -5.48. The van der Waals surface area contributed by atoms with E-state index >= 15 is 0 Å². The summed E-state index contributed by atoms with van der Waals surface area (Å²) < 4.78 is 5.32. The summed E-state index contributed by atoms with van der Waals surface area (Å²) in [6, 6.07) is 15.5. The van der Waals surface area contributed by atoms with Gasteiger partial charge in [-0.2, -0.15) is 0 Å². The predicted octanol–water partition coefficient (Wildman–Crippen LogP) is -0.346. The van der Waals surface area contributed by atoms with Crippen molar-refractivity contribution >= 4 is 11.8 Å². The third-order valence-corrected chi connectivity index (χ3v) is 4.55. The van der Waals surface area contributed by atoms with Crippen molar-refractivity contribution in [3.05, 3.63) is 71.8 Å². The van der Waals surface area contributed by atoms with Crippen LogP contribution in [0, 0.1) is 0 Å². The molecule has 28 heavy (non-hydrogen) atoms. The molecule has 8 heteroatoms. The Balaban J connectivity index is 1.58. The lowest BCUT2D eigenvalue weighted by Crippen LogP contribution is -2.65. The van der Waals surface area contributed by atoms with Crippen molar-refractivity contribution in [3.63, 3.8) is 0 Å². The number of amides is 2. The third kappa shape index (κ3) is 4.55. The second kappa shape index (κ2) is 8.94. The molecular weight excluding hydrogens is 364 g/mol. The average Bonchev–Trinajstić information content (AvgIpc) is 2.73. The average molecular weight is 386 g/mol. The van der Waals surface area contributed by atoms with Gasteiger partial charge in [0.05, 0.1) is 0 Å². The highest BCUT2D eigenvalue weighted by atomic mass is 16.6. The van der Waals surface area contributed by atoms with Crippen molar-refractivity contribution in [2.45, 2.75) is 30.6 Å². The number of aliphatic hydroxyl groups excluding tert-OH is 3. The minimum absolute atomic E-state index is 0.123. The molecule has 0 aromatic heterocycles. The fraction of sp³-hybridized carbons (Fsp3) is 0.300. The Morgan fingerprint density at radius 1 is 0.821 bits per heavy atom. The standard InChI is InChI=1S/C20H22N2O6/c23-16-14(11-21-18(25)12-7-3-1-4-8-12)28-20(27)15(17(16)24)22-19(26)13-9-5-2-6-10-13/h1-10,14-17,20,23-24,27H,11H2,(H,21,25)(H,22,26)/t14-,15+,16-,17+,20+/m1/s1. The molecule has 1 aliphatic heterocycles. The van der Waals surface area contributed by atoms with Gasteiger partial charge in [0.2, 0.25) is 0 Å². The molecule has 5 atom stereocenters. The van der Waals surface area contributed by atoms with Crippen LogP contribution < -0.4 is 10.6 Å². The predicted molar refractivity (Wildman–Crippen MR) is 99.4 cm³/mol. The van der Waals surface area contributed by atoms with Gasteiger partial charge in [0, 0.05) is 17.7 Å². The van der Waals surface area contributed by atoms with Gasteiger partial charge >= 0.3 is 0 Å². The molecule has 8 nitrogen and oxygen atoms in total. The molecule has 0 radical (unpaired) electrons. The number of carbonyl (C=O) groups is 2. The van der Waals surface area contributed by atoms with Crippen molar-refractivity contribution in [1.29, 1.82) is 0 Å². The fourth-order valence-corrected chi connectivity index (χ4v) is 2.98. The Morgan fingerprint density at radius 2 is 1.36 bits per heavy atom. The van der Waals surface area contributed by atoms with E-state index in [-0.39, 0.29) is 12.5 Å². The first-order valence-electron chi connectivity index (χ1n) is 8.86. The number of rotatable bonds is 5. The summed E-state index contributed by atoms with van der Waals surface area (Å²) in [4.78, 5) is 24.3. The van der Waals surface area contributed by atoms with Crippen LogP contribution in [0.4, 0.5) is 0 Å². The molecule has 1 aliphatic rings. The van der Waals surface area contributed by atoms with Crippen LogP contribution in [0.3, 0.4) is 0 Å². The Labute approximate surface area is 161 Å². The summed E-state index contributed by atoms with van der Waals surface area (Å²) in [5.74, 6) is -0.893. The highest BCUT2D eigenvalue weighted by Gasteiger charge is 2.44. The number of nitrogens with one attached hydrogen (secondary N) is 2. The molecule has 5 N–H and O–H groups in total. The molecular formula is C20H22N2O6. The second-order valence-electron chi connectivity index (χ2n) is 6.49. The monoisotopic (exact) mass is 386 g/mol. The SMILES string of the molecule is O=C(NC[C@H]1O[C@H](O)[C@@H](NC(=O)c2ccccc2)[C@H](O)[C@@H]1O)c1ccccc1. The lowest BCUT2D eigenvalue weighted by Gasteiger charge is -2.41. The summed E-state index contributed by atoms with van der Waals surface area (Å²) in [7, 11) is 0. The van der Waals surface area contributed by atoms with E-state index in [1.807, 2.05) is 0 Å². The van der Waals surface area contributed by atoms with E-state index in [9.17, 15) is 24.9 Å². The Bertz CT molecular complexity index is 799. The maximum absolute atomic E-state index is 12.2. The number of ether oxygens (including phenoxy) is 1. The van der Waals surface area contributed by atoms with Gasteiger partial charge in [0.15, 0.2) is 6.29 Å². The Hall–Kier alpha value is -2.78. The molecule has 0 spiro atoms. The highest BCUT2D eigenvalue weighted by molar-refractivity contribution is 5.94. The van der Waals surface area contributed by atoms with E-state index in [4.69, 9.17) is 4.74 Å². The molecule has 2 amide bonds. The zero-order chi connectivity index (χ0) is 20.1. The second-order valence-corrected chi connectivity index (χ2v) is 6.49. The smallest absolute Gasteiger partial charge is 0.251 e. The number of hydrogen-bond donors (Lipinski definition) is 5. The number of hydrogen-bond acceptors (Lipinski definition) is 6. The number of benzene rings is 2. The van der Waals surface area contributed by atoms with Gasteiger partial charge in [-0.15, -0.1) is 0 Å². The van der Waals surface area contributed by atoms with Crippen molar-refractivity contribution in [2.24, 2.45) is 0 Å². The van der Waals surface area contributed by atoms with Crippen molar-refractivity contribution in [2.75, 3.05) is 6.54 Å². The summed E-state index contributed by atoms with van der Waals surface area (Å²) in [6.45, 7) is -0.123. The Morgan fingerprint density at radius 3 is 1.93 bits per heavy atom. The summed E-state index contributed by atoms with van der Waals surface area (Å²) >= 11 is 0. The molecule has 1 heterocycles. The normalized spacial score (nSPS) is 27.0. The summed E-state index contributed by atoms with van der Waals surface area (Å²) in [5, 5.41) is 35.9. The first kappa shape index (κ1) is 20.0. The molecule has 1 fully saturated rings. The zero-order valence-electron chi connectivity index (χ0n) is 14.9. The van der Waals surface area contributed by atoms with Gasteiger partial charge in [-0.3, -0.25) is 9.59 Å². The van der Waals surface area contributed by atoms with Crippen LogP contribution in [-0.4, -0.2) is 64.3 Å². The molecule has 2 aromatic rings. The molecule has 0 saturated carbocycles. The van der Waals surface area contributed by atoms with E-state index in [0.29, 0.717) is 11.1 Å². The molecule has 0 unspecified atom stereocenters. The van der Waals surface area contributed by atoms with Gasteiger partial charge in [-0.05, 0) is 24.3 Å². The van der Waals surface area contributed by atoms with Gasteiger partial charge < -0.3 is 30.7 Å². The summed E-state index contributed by atoms with van der Waals surface area (Å²) in [5.41, 5.74) is 0.774. The van der Waals surface area contributed by atoms with Crippen LogP contribution in [-0.2, 0) is 4.74 Å². The first-order chi connectivity index (χ1) is 13.5. The van der Waals surface area contributed by atoms with Gasteiger partial charge in [0.1, 0.15) is 24.4 Å². The van der Waals surface area contributed by atoms with Crippen LogP contribution >= 0.6 is 0 Å². The van der Waals surface area contributed by atoms with Gasteiger partial charge in [-0.1, -0.05) is 36.4 Å². The zero-order valence-corrected chi connectivity index (χ0v) is 14.9. The maximum atomic E-state index is 12.2. The van der Waals surface area contributed by atoms with Crippen molar-refractivity contribution < 1.29 is 29.6 Å². The van der Waals surface area contributed by atoms with Crippen LogP contribution in [0.2, 0.25) is 0 Å². The number of carbonyl (C=O) groups excluding carboxylic acids is 2. The van der Waals surface area contributed by atoms with Crippen LogP contribution in [0.15, 0.2) is 60.7 Å². The van der Waals surface area contributed by atoms with Gasteiger partial charge in [-0.25, -0.2) is 0 Å². The van der Waals surface area contributed by atoms with Gasteiger partial charge in [0.25, 0.3) is 11.8 Å². The quantitative estimate of drug-likeness (QED) is 0.478. The lowest BCUT2D eigenvalue weighted by atomic mass is 9.96. The molecule has 0 aliphatic carbocycles. The molecule has 1 saturated heterocycles. The van der Waals surface area contributed by atoms with Crippen molar-refractivity contribution in [3.8, 4) is 0 Å². The molecule has 148 valence electrons. The lowest BCUT2D eigenvalue weighted by molar-refractivity contribution is -0.243. The molecule has 2 aromatic carbocycles. The van der Waals surface area contributed by atoms with Crippen molar-refractivity contribution in [1.82, 2.24) is 10.6 Å². The van der Waals surface area contributed by atoms with E-state index in [1.165, 1.54) is 0 Å². The van der Waals surface area contributed by atoms with Crippen LogP contribution in [0.5, 0.6) is 0 Å². The first-order valence-corrected chi connectivity index (χ1v) is 8.86. The third-order valence-electron chi connectivity index (χ3n) is 4.55. The van der Waals surface area contributed by atoms with E-state index in [2.05, 4.69) is 10.6 Å². The van der Waals surface area contributed by atoms with Crippen LogP contribution in [0.1, 0.15) is 20.7 Å². The van der Waals surface area contributed by atoms with E-state index in [0.717, 1.165) is 0 Å². The minimum Gasteiger partial charge on any atom is -0.388 e. The number of aliphatic hydroxyl groups is 3. The maximum Gasteiger partial charge on any atom is 0.251 e. The Kier molecular flexibility index (Phi) is 6.37. The minimum atomic E-state index is -1.55. The topological polar surface area (TPSA) is 128 Å².